The fourth-order valence-electron chi connectivity index (χ4n) is 12.2. The van der Waals surface area contributed by atoms with Crippen LogP contribution in [0, 0.1) is 19.8 Å². The molecule has 2 fully saturated rings. The van der Waals surface area contributed by atoms with E-state index < -0.39 is 47.5 Å². The summed E-state index contributed by atoms with van der Waals surface area (Å²) in [6.45, 7) is 26.3. The van der Waals surface area contributed by atoms with Gasteiger partial charge in [0.1, 0.15) is 0 Å². The van der Waals surface area contributed by atoms with Crippen molar-refractivity contribution in [3.05, 3.63) is 117 Å². The van der Waals surface area contributed by atoms with E-state index in [1.54, 1.807) is 11.3 Å². The van der Waals surface area contributed by atoms with Crippen molar-refractivity contribution < 1.29 is 38.1 Å². The highest BCUT2D eigenvalue weighted by Crippen LogP contribution is 2.55. The number of anilines is 2. The standard InChI is InChI=1S/C63H74N2O8S3/c1-16-27-62(12,30-26-35(5)19-4)39-21-23-41-43(34-39)65(15)53(49(41)51-58(68)72-61(10,11)73-59(51)69)52-48(50-56(66)70-60(8,9)71-57(50)67)40-22-20-38(33-42(40)64(52)14)46-31-36(6)54(75-46)45-25-24-44(74-45)47-32-37(7)55(76-47)63(13,28-17-2)29-18-3/h16,20-25,27,31-35,52-53H,17-19,26,28-30H2,1-15H3/b27-16-. The summed E-state index contributed by atoms with van der Waals surface area (Å²) >= 11 is 5.52. The largest absolute Gasteiger partial charge is 0.419 e. The molecule has 402 valence electrons. The Labute approximate surface area is 461 Å². The molecule has 2 saturated heterocycles. The monoisotopic (exact) mass is 1080 g/mol. The molecule has 10 nitrogen and oxygen atoms in total. The molecule has 0 radical (unpaired) electrons. The van der Waals surface area contributed by atoms with Crippen LogP contribution in [0.15, 0.2) is 84.0 Å². The summed E-state index contributed by atoms with van der Waals surface area (Å²) in [4.78, 5) is 69.1. The van der Waals surface area contributed by atoms with E-state index in [1.807, 2.05) is 66.8 Å². The Morgan fingerprint density at radius 3 is 1.67 bits per heavy atom. The van der Waals surface area contributed by atoms with Crippen molar-refractivity contribution in [2.24, 2.45) is 5.92 Å². The fourth-order valence-corrected chi connectivity index (χ4v) is 16.0. The van der Waals surface area contributed by atoms with Crippen molar-refractivity contribution >= 4 is 80.4 Å². The lowest BCUT2D eigenvalue weighted by Gasteiger charge is -2.38. The van der Waals surface area contributed by atoms with E-state index in [9.17, 15) is 19.2 Å². The molecule has 76 heavy (non-hydrogen) atoms. The van der Waals surface area contributed by atoms with Crippen LogP contribution in [-0.2, 0) is 49.0 Å². The van der Waals surface area contributed by atoms with Gasteiger partial charge >= 0.3 is 23.9 Å². The van der Waals surface area contributed by atoms with Gasteiger partial charge in [0.25, 0.3) is 11.6 Å². The second kappa shape index (κ2) is 20.6. The van der Waals surface area contributed by atoms with Gasteiger partial charge in [-0.15, -0.1) is 34.0 Å². The number of aryl methyl sites for hydroxylation is 2. The number of cyclic esters (lactones) is 4. The number of fused-ring (bicyclic) bond motifs is 2. The molecule has 4 aliphatic heterocycles. The maximum atomic E-state index is 14.4. The van der Waals surface area contributed by atoms with E-state index in [4.69, 9.17) is 18.9 Å². The topological polar surface area (TPSA) is 112 Å². The van der Waals surface area contributed by atoms with Gasteiger partial charge in [-0.05, 0) is 111 Å². The molecule has 7 heterocycles. The molecular weight excluding hydrogens is 1010 g/mol. The van der Waals surface area contributed by atoms with Crippen molar-refractivity contribution in [1.82, 2.24) is 0 Å². The molecule has 9 rings (SSSR count). The molecule has 4 aliphatic rings. The van der Waals surface area contributed by atoms with E-state index in [-0.39, 0.29) is 22.0 Å². The van der Waals surface area contributed by atoms with Crippen molar-refractivity contribution in [2.75, 3.05) is 23.9 Å². The van der Waals surface area contributed by atoms with Gasteiger partial charge in [-0.25, -0.2) is 19.2 Å². The van der Waals surface area contributed by atoms with Crippen LogP contribution in [0.25, 0.3) is 41.1 Å². The van der Waals surface area contributed by atoms with Crippen LogP contribution in [0.4, 0.5) is 11.4 Å². The van der Waals surface area contributed by atoms with Gasteiger partial charge in [-0.1, -0.05) is 97.2 Å². The number of ether oxygens (including phenoxy) is 4. The number of hydrogen-bond donors (Lipinski definition) is 0. The van der Waals surface area contributed by atoms with Crippen molar-refractivity contribution in [1.29, 1.82) is 0 Å². The molecule has 4 unspecified atom stereocenters. The molecule has 3 aromatic heterocycles. The summed E-state index contributed by atoms with van der Waals surface area (Å²) in [5.74, 6) is -5.72. The van der Waals surface area contributed by atoms with E-state index in [0.29, 0.717) is 28.2 Å². The maximum Gasteiger partial charge on any atom is 0.349 e. The van der Waals surface area contributed by atoms with Gasteiger partial charge in [0.05, 0.1) is 12.1 Å². The molecule has 0 bridgehead atoms. The highest BCUT2D eigenvalue weighted by Gasteiger charge is 2.54. The Kier molecular flexibility index (Phi) is 14.9. The van der Waals surface area contributed by atoms with Gasteiger partial charge in [0.2, 0.25) is 0 Å². The number of hydrogen-bond acceptors (Lipinski definition) is 13. The molecule has 2 aromatic carbocycles. The maximum absolute atomic E-state index is 14.4. The minimum absolute atomic E-state index is 0.175. The minimum atomic E-state index is -1.50. The lowest BCUT2D eigenvalue weighted by Crippen LogP contribution is -2.50. The third kappa shape index (κ3) is 9.82. The zero-order valence-electron chi connectivity index (χ0n) is 47.0. The summed E-state index contributed by atoms with van der Waals surface area (Å²) in [7, 11) is 3.86. The first-order valence-electron chi connectivity index (χ1n) is 27.0. The number of thiophene rings is 3. The predicted octanol–water partition coefficient (Wildman–Crippen LogP) is 15.5. The average Bonchev–Trinajstić information content (AvgIpc) is 4.24. The first-order valence-corrected chi connectivity index (χ1v) is 29.5. The van der Waals surface area contributed by atoms with E-state index in [1.165, 1.54) is 76.0 Å². The molecule has 4 atom stereocenters. The average molecular weight is 1080 g/mol. The Morgan fingerprint density at radius 2 is 1.14 bits per heavy atom. The number of likely N-dealkylation sites (N-methyl/N-ethyl adjacent to an activating group) is 2. The molecule has 0 spiro atoms. The second-order valence-corrected chi connectivity index (χ2v) is 26.1. The molecule has 13 heteroatoms. The first kappa shape index (κ1) is 55.0. The van der Waals surface area contributed by atoms with Crippen LogP contribution in [-0.4, -0.2) is 61.6 Å². The number of esters is 4. The van der Waals surface area contributed by atoms with Crippen LogP contribution in [0.5, 0.6) is 0 Å². The zero-order chi connectivity index (χ0) is 55.0. The summed E-state index contributed by atoms with van der Waals surface area (Å²) in [6.07, 6.45) is 12.0. The summed E-state index contributed by atoms with van der Waals surface area (Å²) in [6, 6.07) is 19.7. The number of rotatable bonds is 15. The Morgan fingerprint density at radius 1 is 0.632 bits per heavy atom. The SMILES string of the molecule is C/C=C\C(C)(CCC(C)CC)c1ccc2c(c1)N(C)C(C1C(=C3C(=O)OC(C)(C)OC3=O)c3ccc(-c4cc(C)c(-c5ccc(-c6cc(C)c(C(C)(CCC)CCC)s6)s5)s4)cc3N1C)C2=C1C(=O)OC(C)(C)OC1=O. The summed E-state index contributed by atoms with van der Waals surface area (Å²) in [5, 5.41) is 0. The fraction of sp³-hybridized carbons (Fsp3) is 0.460. The number of carbonyl (C=O) groups is 4. The highest BCUT2D eigenvalue weighted by atomic mass is 32.1. The Balaban J connectivity index is 1.16. The minimum Gasteiger partial charge on any atom is -0.419 e. The first-order chi connectivity index (χ1) is 35.9. The molecule has 0 aliphatic carbocycles. The van der Waals surface area contributed by atoms with Gasteiger partial charge < -0.3 is 28.7 Å². The van der Waals surface area contributed by atoms with Crippen LogP contribution >= 0.6 is 34.0 Å². The third-order valence-corrected chi connectivity index (χ3v) is 20.5. The van der Waals surface area contributed by atoms with Crippen LogP contribution in [0.1, 0.15) is 154 Å². The van der Waals surface area contributed by atoms with Crippen LogP contribution in [0.2, 0.25) is 0 Å². The highest BCUT2D eigenvalue weighted by molar-refractivity contribution is 7.27. The van der Waals surface area contributed by atoms with E-state index in [0.717, 1.165) is 59.5 Å². The van der Waals surface area contributed by atoms with Gasteiger partial charge in [-0.3, -0.25) is 0 Å². The van der Waals surface area contributed by atoms with Gasteiger partial charge in [0, 0.05) is 116 Å². The Hall–Kier alpha value is -5.76. The van der Waals surface area contributed by atoms with Gasteiger partial charge in [0.15, 0.2) is 11.1 Å². The number of carbonyl (C=O) groups excluding carboxylic acids is 4. The number of allylic oxidation sites excluding steroid dienone is 2. The lowest BCUT2D eigenvalue weighted by atomic mass is 9.76. The van der Waals surface area contributed by atoms with Gasteiger partial charge in [-0.2, -0.15) is 0 Å². The van der Waals surface area contributed by atoms with Crippen LogP contribution < -0.4 is 9.80 Å². The van der Waals surface area contributed by atoms with E-state index >= 15 is 0 Å². The number of benzene rings is 2. The molecule has 5 aromatic rings. The number of nitrogens with zero attached hydrogens (tertiary/aromatic N) is 2. The summed E-state index contributed by atoms with van der Waals surface area (Å²) in [5.41, 5.74) is 7.49. The third-order valence-electron chi connectivity index (χ3n) is 16.2. The van der Waals surface area contributed by atoms with E-state index in [2.05, 4.69) is 115 Å². The second-order valence-electron chi connectivity index (χ2n) is 23.0. The molecule has 0 N–H and O–H groups in total. The molecular formula is C63H74N2O8S3. The van der Waals surface area contributed by atoms with Crippen molar-refractivity contribution in [3.63, 3.8) is 0 Å². The summed E-state index contributed by atoms with van der Waals surface area (Å²) < 4.78 is 23.3. The quantitative estimate of drug-likeness (QED) is 0.0435. The van der Waals surface area contributed by atoms with Crippen molar-refractivity contribution in [2.45, 2.75) is 169 Å². The van der Waals surface area contributed by atoms with Crippen LogP contribution in [0.3, 0.4) is 0 Å². The Bertz CT molecular complexity index is 3200. The molecule has 0 amide bonds. The lowest BCUT2D eigenvalue weighted by molar-refractivity contribution is -0.224. The normalized spacial score (nSPS) is 20.5. The van der Waals surface area contributed by atoms with Crippen molar-refractivity contribution in [3.8, 4) is 29.9 Å². The molecule has 0 saturated carbocycles. The predicted molar refractivity (Wildman–Crippen MR) is 311 cm³/mol. The smallest absolute Gasteiger partial charge is 0.349 e. The zero-order valence-corrected chi connectivity index (χ0v) is 49.4.